The van der Waals surface area contributed by atoms with Crippen molar-refractivity contribution in [2.45, 2.75) is 39.2 Å². The molecule has 0 fully saturated rings. The average molecular weight is 648 g/mol. The van der Waals surface area contributed by atoms with Gasteiger partial charge in [-0.25, -0.2) is 0 Å². The molecular weight excluding hydrogens is 614 g/mol. The number of aliphatic hydroxyl groups excluding tert-OH is 1. The molecule has 0 heterocycles. The zero-order valence-electron chi connectivity index (χ0n) is 21.3. The molecular formula is C32H34NO2W-. The minimum Gasteiger partial charge on any atom is -0.387 e. The Hall–Kier alpha value is -2.74. The predicted octanol–water partition coefficient (Wildman–Crippen LogP) is 7.33. The van der Waals surface area contributed by atoms with Gasteiger partial charge in [0.1, 0.15) is 0 Å². The van der Waals surface area contributed by atoms with Crippen LogP contribution in [0, 0.1) is 6.42 Å². The van der Waals surface area contributed by atoms with Crippen molar-refractivity contribution in [3.05, 3.63) is 102 Å². The molecule has 1 N–H and O–H groups in total. The van der Waals surface area contributed by atoms with Gasteiger partial charge in [-0.1, -0.05) is 84.9 Å². The fourth-order valence-corrected chi connectivity index (χ4v) is 4.78. The Bertz CT molecular complexity index is 1380. The maximum absolute atomic E-state index is 12.7. The minimum absolute atomic E-state index is 0. The number of carbonyl (C=O) groups excluding carboxylic acids is 1. The molecule has 0 bridgehead atoms. The number of hydrogen-bond acceptors (Lipinski definition) is 2. The summed E-state index contributed by atoms with van der Waals surface area (Å²) in [5.74, 6) is 0.0673. The molecule has 4 heteroatoms. The first kappa shape index (κ1) is 27.8. The number of aryl methyl sites for hydroxylation is 1. The number of hydrogen-bond donors (Lipinski definition) is 1. The molecule has 0 aliphatic rings. The average Bonchev–Trinajstić information content (AvgIpc) is 2.88. The van der Waals surface area contributed by atoms with Crippen LogP contribution in [0.4, 0.5) is 0 Å². The second kappa shape index (κ2) is 13.0. The van der Waals surface area contributed by atoms with E-state index in [1.165, 1.54) is 37.9 Å². The quantitative estimate of drug-likeness (QED) is 0.148. The maximum atomic E-state index is 12.7. The smallest absolute Gasteiger partial charge is 0.222 e. The van der Waals surface area contributed by atoms with Crippen LogP contribution in [0.15, 0.2) is 84.9 Å². The van der Waals surface area contributed by atoms with E-state index in [0.717, 1.165) is 18.4 Å². The van der Waals surface area contributed by atoms with E-state index in [1.807, 2.05) is 50.6 Å². The number of carbonyl (C=O) groups is 1. The van der Waals surface area contributed by atoms with Crippen molar-refractivity contribution in [1.29, 1.82) is 0 Å². The van der Waals surface area contributed by atoms with Gasteiger partial charge in [-0.2, -0.15) is 13.8 Å². The molecule has 5 rings (SSSR count). The molecule has 1 amide bonds. The molecule has 5 aromatic carbocycles. The van der Waals surface area contributed by atoms with Gasteiger partial charge in [0, 0.05) is 34.5 Å². The topological polar surface area (TPSA) is 40.5 Å². The molecule has 0 saturated carbocycles. The largest absolute Gasteiger partial charge is 0.387 e. The standard InChI is InChI=1S/C29H27NO2.C3H7.W/c1-30(19-26(31)21-7-3-2-4-8-21)27(32)12-6-9-20-13-14-24-16-15-22-10-5-11-23-17-18-25(20)29(24)28(22)23;1-3-2;/h2-5,7-8,10-11,13-18,26,31H,6,9,12,19H2,1H3;3H,1-2H3;/q;-1;. The summed E-state index contributed by atoms with van der Waals surface area (Å²) in [6.07, 6.45) is 3.45. The zero-order chi connectivity index (χ0) is 24.8. The van der Waals surface area contributed by atoms with Gasteiger partial charge in [0.05, 0.1) is 12.6 Å². The van der Waals surface area contributed by atoms with Crippen LogP contribution >= 0.6 is 0 Å². The van der Waals surface area contributed by atoms with Gasteiger partial charge in [-0.3, -0.25) is 4.79 Å². The Morgan fingerprint density at radius 2 is 1.42 bits per heavy atom. The first-order chi connectivity index (χ1) is 17.0. The van der Waals surface area contributed by atoms with Crippen molar-refractivity contribution in [3.63, 3.8) is 0 Å². The van der Waals surface area contributed by atoms with Crippen LogP contribution in [0.3, 0.4) is 0 Å². The van der Waals surface area contributed by atoms with Crippen LogP contribution in [0.1, 0.15) is 43.9 Å². The monoisotopic (exact) mass is 648 g/mol. The van der Waals surface area contributed by atoms with E-state index < -0.39 is 6.10 Å². The van der Waals surface area contributed by atoms with Gasteiger partial charge in [0.15, 0.2) is 0 Å². The minimum atomic E-state index is -0.664. The third-order valence-corrected chi connectivity index (χ3v) is 6.51. The van der Waals surface area contributed by atoms with E-state index in [2.05, 4.69) is 54.6 Å². The second-order valence-electron chi connectivity index (χ2n) is 9.21. The van der Waals surface area contributed by atoms with Crippen molar-refractivity contribution in [2.75, 3.05) is 13.6 Å². The summed E-state index contributed by atoms with van der Waals surface area (Å²) < 4.78 is 0. The molecule has 0 radical (unpaired) electrons. The van der Waals surface area contributed by atoms with Gasteiger partial charge in [-0.05, 0) is 56.3 Å². The molecule has 0 aromatic heterocycles. The van der Waals surface area contributed by atoms with Crippen LogP contribution in [0.2, 0.25) is 0 Å². The van der Waals surface area contributed by atoms with Crippen molar-refractivity contribution in [2.24, 2.45) is 0 Å². The van der Waals surface area contributed by atoms with E-state index in [9.17, 15) is 9.90 Å². The van der Waals surface area contributed by atoms with E-state index in [-0.39, 0.29) is 27.0 Å². The SMILES string of the molecule is CN(CC(O)c1ccccc1)C(=O)CCCc1ccc2ccc3cccc4ccc1c2c34.C[CH-]C.[W]. The van der Waals surface area contributed by atoms with Gasteiger partial charge in [-0.15, -0.1) is 0 Å². The van der Waals surface area contributed by atoms with Gasteiger partial charge in [0.2, 0.25) is 5.91 Å². The van der Waals surface area contributed by atoms with Crippen LogP contribution in [-0.4, -0.2) is 29.5 Å². The Kier molecular flexibility index (Phi) is 10.0. The molecule has 1 unspecified atom stereocenters. The van der Waals surface area contributed by atoms with E-state index in [1.54, 1.807) is 11.9 Å². The predicted molar refractivity (Wildman–Crippen MR) is 148 cm³/mol. The molecule has 0 aliphatic heterocycles. The van der Waals surface area contributed by atoms with E-state index in [0.29, 0.717) is 13.0 Å². The Labute approximate surface area is 228 Å². The van der Waals surface area contributed by atoms with E-state index >= 15 is 0 Å². The molecule has 0 spiro atoms. The number of amides is 1. The Morgan fingerprint density at radius 3 is 2.08 bits per heavy atom. The van der Waals surface area contributed by atoms with Crippen molar-refractivity contribution < 1.29 is 31.0 Å². The van der Waals surface area contributed by atoms with Gasteiger partial charge < -0.3 is 16.4 Å². The van der Waals surface area contributed by atoms with Crippen molar-refractivity contribution in [1.82, 2.24) is 4.90 Å². The zero-order valence-corrected chi connectivity index (χ0v) is 24.2. The summed E-state index contributed by atoms with van der Waals surface area (Å²) in [6, 6.07) is 29.2. The van der Waals surface area contributed by atoms with E-state index in [4.69, 9.17) is 0 Å². The second-order valence-corrected chi connectivity index (χ2v) is 9.21. The summed E-state index contributed by atoms with van der Waals surface area (Å²) in [6.45, 7) is 4.31. The summed E-state index contributed by atoms with van der Waals surface area (Å²) in [5, 5.41) is 18.1. The van der Waals surface area contributed by atoms with Crippen LogP contribution < -0.4 is 0 Å². The number of aliphatic hydroxyl groups is 1. The molecule has 0 saturated heterocycles. The van der Waals surface area contributed by atoms with Gasteiger partial charge >= 0.3 is 0 Å². The maximum Gasteiger partial charge on any atom is 0.222 e. The van der Waals surface area contributed by atoms with Crippen molar-refractivity contribution >= 4 is 38.2 Å². The summed E-state index contributed by atoms with van der Waals surface area (Å²) in [5.41, 5.74) is 2.12. The molecule has 5 aromatic rings. The fraction of sp³-hybridized carbons (Fsp3) is 0.250. The first-order valence-corrected chi connectivity index (χ1v) is 12.4. The number of likely N-dealkylation sites (N-methyl/N-ethyl adjacent to an activating group) is 1. The fourth-order valence-electron chi connectivity index (χ4n) is 4.78. The normalized spacial score (nSPS) is 11.7. The summed E-state index contributed by atoms with van der Waals surface area (Å²) in [4.78, 5) is 14.3. The third-order valence-electron chi connectivity index (χ3n) is 6.51. The third kappa shape index (κ3) is 6.14. The molecule has 3 nitrogen and oxygen atoms in total. The molecule has 0 aliphatic carbocycles. The molecule has 186 valence electrons. The molecule has 36 heavy (non-hydrogen) atoms. The Balaban J connectivity index is 0.000000861. The van der Waals surface area contributed by atoms with Crippen LogP contribution in [0.5, 0.6) is 0 Å². The summed E-state index contributed by atoms with van der Waals surface area (Å²) in [7, 11) is 1.77. The number of rotatable bonds is 7. The van der Waals surface area contributed by atoms with Crippen molar-refractivity contribution in [3.8, 4) is 0 Å². The Morgan fingerprint density at radius 1 is 0.833 bits per heavy atom. The van der Waals surface area contributed by atoms with Crippen LogP contribution in [-0.2, 0) is 32.3 Å². The molecule has 1 atom stereocenters. The van der Waals surface area contributed by atoms with Crippen LogP contribution in [0.25, 0.3) is 32.3 Å². The number of benzene rings is 5. The number of nitrogens with zero attached hydrogens (tertiary/aromatic N) is 1. The van der Waals surface area contributed by atoms with Gasteiger partial charge in [0.25, 0.3) is 0 Å². The summed E-state index contributed by atoms with van der Waals surface area (Å²) >= 11 is 0. The first-order valence-electron chi connectivity index (χ1n) is 12.4.